The van der Waals surface area contributed by atoms with Gasteiger partial charge in [-0.25, -0.2) is 0 Å². The van der Waals surface area contributed by atoms with Gasteiger partial charge in [-0.3, -0.25) is 4.79 Å². The Morgan fingerprint density at radius 3 is 2.00 bits per heavy atom. The minimum atomic E-state index is -0.539. The molecular weight excluding hydrogens is 332 g/mol. The Bertz CT molecular complexity index is 635. The predicted octanol–water partition coefficient (Wildman–Crippen LogP) is 4.01. The highest BCUT2D eigenvalue weighted by molar-refractivity contribution is 5.85. The fraction of sp³-hybridized carbons (Fsp3) is 0.381. The van der Waals surface area contributed by atoms with Crippen molar-refractivity contribution in [2.75, 3.05) is 0 Å². The zero-order chi connectivity index (χ0) is 17.0. The Morgan fingerprint density at radius 1 is 1.04 bits per heavy atom. The highest BCUT2D eigenvalue weighted by Crippen LogP contribution is 2.31. The van der Waals surface area contributed by atoms with Crippen LogP contribution in [0, 0.1) is 5.92 Å². The van der Waals surface area contributed by atoms with Gasteiger partial charge in [0.1, 0.15) is 0 Å². The molecular formula is C21H27ClN2O. The summed E-state index contributed by atoms with van der Waals surface area (Å²) in [5.74, 6) is 0.383. The monoisotopic (exact) mass is 358 g/mol. The Kier molecular flexibility index (Phi) is 6.63. The summed E-state index contributed by atoms with van der Waals surface area (Å²) < 4.78 is 0. The molecule has 2 aromatic carbocycles. The summed E-state index contributed by atoms with van der Waals surface area (Å²) in [6.07, 6.45) is 3.73. The molecule has 0 aliphatic heterocycles. The van der Waals surface area contributed by atoms with Gasteiger partial charge in [0.2, 0.25) is 5.91 Å². The summed E-state index contributed by atoms with van der Waals surface area (Å²) in [5.41, 5.74) is 7.76. The molecule has 0 spiro atoms. The first-order valence-corrected chi connectivity index (χ1v) is 8.77. The molecule has 2 aromatic rings. The molecule has 0 unspecified atom stereocenters. The third-order valence-electron chi connectivity index (χ3n) is 5.26. The van der Waals surface area contributed by atoms with Crippen LogP contribution in [0.4, 0.5) is 0 Å². The lowest BCUT2D eigenvalue weighted by Crippen LogP contribution is -2.45. The zero-order valence-electron chi connectivity index (χ0n) is 14.7. The van der Waals surface area contributed by atoms with Gasteiger partial charge in [-0.15, -0.1) is 12.4 Å². The lowest BCUT2D eigenvalue weighted by molar-refractivity contribution is -0.123. The summed E-state index contributed by atoms with van der Waals surface area (Å²) in [4.78, 5) is 12.7. The quantitative estimate of drug-likeness (QED) is 0.848. The van der Waals surface area contributed by atoms with Gasteiger partial charge in [0.25, 0.3) is 0 Å². The number of amides is 1. The zero-order valence-corrected chi connectivity index (χ0v) is 15.5. The van der Waals surface area contributed by atoms with Gasteiger partial charge in [0.15, 0.2) is 0 Å². The van der Waals surface area contributed by atoms with Crippen molar-refractivity contribution in [3.8, 4) is 0 Å². The molecule has 4 heteroatoms. The standard InChI is InChI=1S/C21H26N2O.ClH/c1-21(17-10-4-2-5-11-17,18-12-6-3-7-13-18)23-20(24)15-16-9-8-14-19(16)22;/h2-7,10-13,16,19H,8-9,14-15,22H2,1H3,(H,23,24);1H/t16-,19+;/m0./s1. The van der Waals surface area contributed by atoms with E-state index in [9.17, 15) is 4.79 Å². The van der Waals surface area contributed by atoms with Crippen LogP contribution in [-0.4, -0.2) is 11.9 Å². The van der Waals surface area contributed by atoms with Crippen LogP contribution in [0.1, 0.15) is 43.7 Å². The molecule has 3 nitrogen and oxygen atoms in total. The maximum atomic E-state index is 12.7. The van der Waals surface area contributed by atoms with Crippen molar-refractivity contribution in [2.45, 2.75) is 44.2 Å². The second kappa shape index (κ2) is 8.50. The molecule has 1 saturated carbocycles. The SMILES string of the molecule is CC(NC(=O)C[C@@H]1CCC[C@H]1N)(c1ccccc1)c1ccccc1.Cl. The largest absolute Gasteiger partial charge is 0.343 e. The van der Waals surface area contributed by atoms with Gasteiger partial charge in [-0.1, -0.05) is 67.1 Å². The second-order valence-corrected chi connectivity index (χ2v) is 6.96. The number of rotatable bonds is 5. The summed E-state index contributed by atoms with van der Waals surface area (Å²) >= 11 is 0. The first-order chi connectivity index (χ1) is 11.6. The normalized spacial score (nSPS) is 19.9. The number of carbonyl (C=O) groups is 1. The summed E-state index contributed by atoms with van der Waals surface area (Å²) in [6, 6.07) is 20.4. The van der Waals surface area contributed by atoms with E-state index in [1.165, 1.54) is 0 Å². The number of halogens is 1. The molecule has 3 rings (SSSR count). The predicted molar refractivity (Wildman–Crippen MR) is 105 cm³/mol. The third kappa shape index (κ3) is 4.42. The average Bonchev–Trinajstić information content (AvgIpc) is 3.01. The Hall–Kier alpha value is -1.84. The van der Waals surface area contributed by atoms with Gasteiger partial charge in [-0.05, 0) is 36.8 Å². The van der Waals surface area contributed by atoms with E-state index >= 15 is 0 Å². The lowest BCUT2D eigenvalue weighted by Gasteiger charge is -2.33. The van der Waals surface area contributed by atoms with Gasteiger partial charge in [0.05, 0.1) is 5.54 Å². The molecule has 0 radical (unpaired) electrons. The molecule has 2 atom stereocenters. The maximum absolute atomic E-state index is 12.7. The van der Waals surface area contributed by atoms with E-state index in [1.807, 2.05) is 36.4 Å². The first kappa shape index (κ1) is 19.5. The number of nitrogens with two attached hydrogens (primary N) is 1. The molecule has 1 aliphatic carbocycles. The van der Waals surface area contributed by atoms with Crippen molar-refractivity contribution >= 4 is 18.3 Å². The van der Waals surface area contributed by atoms with Crippen LogP contribution < -0.4 is 11.1 Å². The molecule has 1 fully saturated rings. The number of carbonyl (C=O) groups excluding carboxylic acids is 1. The molecule has 0 saturated heterocycles. The smallest absolute Gasteiger partial charge is 0.221 e. The second-order valence-electron chi connectivity index (χ2n) is 6.96. The van der Waals surface area contributed by atoms with Crippen molar-refractivity contribution in [2.24, 2.45) is 11.7 Å². The van der Waals surface area contributed by atoms with E-state index in [0.717, 1.165) is 30.4 Å². The van der Waals surface area contributed by atoms with Crippen LogP contribution in [0.15, 0.2) is 60.7 Å². The number of nitrogens with one attached hydrogen (secondary N) is 1. The number of hydrogen-bond donors (Lipinski definition) is 2. The third-order valence-corrected chi connectivity index (χ3v) is 5.26. The number of hydrogen-bond acceptors (Lipinski definition) is 2. The van der Waals surface area contributed by atoms with E-state index in [2.05, 4.69) is 36.5 Å². The van der Waals surface area contributed by atoms with Crippen LogP contribution in [0.3, 0.4) is 0 Å². The summed E-state index contributed by atoms with van der Waals surface area (Å²) in [6.45, 7) is 2.07. The van der Waals surface area contributed by atoms with Gasteiger partial charge in [0, 0.05) is 12.5 Å². The van der Waals surface area contributed by atoms with Gasteiger partial charge >= 0.3 is 0 Å². The van der Waals surface area contributed by atoms with Crippen molar-refractivity contribution < 1.29 is 4.79 Å². The number of benzene rings is 2. The Morgan fingerprint density at radius 2 is 1.56 bits per heavy atom. The lowest BCUT2D eigenvalue weighted by atomic mass is 9.84. The fourth-order valence-electron chi connectivity index (χ4n) is 3.74. The van der Waals surface area contributed by atoms with Crippen LogP contribution in [0.2, 0.25) is 0 Å². The molecule has 0 aromatic heterocycles. The Balaban J connectivity index is 0.00000225. The molecule has 3 N–H and O–H groups in total. The van der Waals surface area contributed by atoms with Crippen molar-refractivity contribution in [3.05, 3.63) is 71.8 Å². The highest BCUT2D eigenvalue weighted by Gasteiger charge is 2.33. The van der Waals surface area contributed by atoms with Crippen LogP contribution >= 0.6 is 12.4 Å². The first-order valence-electron chi connectivity index (χ1n) is 8.77. The van der Waals surface area contributed by atoms with Crippen LogP contribution in [0.5, 0.6) is 0 Å². The Labute approximate surface area is 156 Å². The minimum absolute atomic E-state index is 0. The minimum Gasteiger partial charge on any atom is -0.343 e. The topological polar surface area (TPSA) is 55.1 Å². The van der Waals surface area contributed by atoms with Crippen molar-refractivity contribution in [1.82, 2.24) is 5.32 Å². The summed E-state index contributed by atoms with van der Waals surface area (Å²) in [5, 5.41) is 3.28. The molecule has 25 heavy (non-hydrogen) atoms. The average molecular weight is 359 g/mol. The molecule has 0 heterocycles. The van der Waals surface area contributed by atoms with E-state index in [4.69, 9.17) is 5.73 Å². The van der Waals surface area contributed by atoms with Crippen LogP contribution in [-0.2, 0) is 10.3 Å². The van der Waals surface area contributed by atoms with E-state index < -0.39 is 5.54 Å². The fourth-order valence-corrected chi connectivity index (χ4v) is 3.74. The van der Waals surface area contributed by atoms with Crippen LogP contribution in [0.25, 0.3) is 0 Å². The molecule has 1 amide bonds. The molecule has 1 aliphatic rings. The van der Waals surface area contributed by atoms with Gasteiger partial charge in [-0.2, -0.15) is 0 Å². The summed E-state index contributed by atoms with van der Waals surface area (Å²) in [7, 11) is 0. The van der Waals surface area contributed by atoms with E-state index in [1.54, 1.807) is 0 Å². The highest BCUT2D eigenvalue weighted by atomic mass is 35.5. The van der Waals surface area contributed by atoms with E-state index in [-0.39, 0.29) is 24.4 Å². The van der Waals surface area contributed by atoms with Crippen molar-refractivity contribution in [1.29, 1.82) is 0 Å². The van der Waals surface area contributed by atoms with Gasteiger partial charge < -0.3 is 11.1 Å². The van der Waals surface area contributed by atoms with E-state index in [0.29, 0.717) is 12.3 Å². The van der Waals surface area contributed by atoms with Crippen molar-refractivity contribution in [3.63, 3.8) is 0 Å². The molecule has 134 valence electrons. The molecule has 0 bridgehead atoms. The maximum Gasteiger partial charge on any atom is 0.221 e.